The molecule has 0 bridgehead atoms. The van der Waals surface area contributed by atoms with Crippen molar-refractivity contribution in [2.75, 3.05) is 5.75 Å². The second kappa shape index (κ2) is 6.89. The summed E-state index contributed by atoms with van der Waals surface area (Å²) in [7, 11) is 0. The van der Waals surface area contributed by atoms with E-state index in [4.69, 9.17) is 5.26 Å². The molecule has 4 rings (SSSR count). The average molecular weight is 375 g/mol. The Morgan fingerprint density at radius 3 is 2.78 bits per heavy atom. The van der Waals surface area contributed by atoms with Gasteiger partial charge in [-0.05, 0) is 43.2 Å². The van der Waals surface area contributed by atoms with Gasteiger partial charge in [0.15, 0.2) is 5.16 Å². The Balaban J connectivity index is 2.10. The predicted octanol–water partition coefficient (Wildman–Crippen LogP) is 3.66. The summed E-state index contributed by atoms with van der Waals surface area (Å²) in [6, 6.07) is 15.6. The maximum Gasteiger partial charge on any atom is 0.267 e. The summed E-state index contributed by atoms with van der Waals surface area (Å²) in [6.45, 7) is 3.98. The molecule has 134 valence electrons. The van der Waals surface area contributed by atoms with Gasteiger partial charge in [-0.2, -0.15) is 5.26 Å². The number of nitrogens with zero attached hydrogens (tertiary/aromatic N) is 5. The first-order valence-electron chi connectivity index (χ1n) is 8.58. The topological polar surface area (TPSA) is 76.0 Å². The number of hydrogen-bond acceptors (Lipinski definition) is 5. The molecule has 7 heteroatoms. The van der Waals surface area contributed by atoms with Crippen LogP contribution in [0.4, 0.5) is 0 Å². The van der Waals surface area contributed by atoms with Crippen LogP contribution in [0.1, 0.15) is 17.5 Å². The number of aryl methyl sites for hydroxylation is 2. The molecule has 2 aromatic heterocycles. The molecular weight excluding hydrogens is 358 g/mol. The number of rotatable bonds is 4. The lowest BCUT2D eigenvalue weighted by molar-refractivity contribution is 0.927. The van der Waals surface area contributed by atoms with Gasteiger partial charge in [-0.25, -0.2) is 4.57 Å². The molecule has 0 unspecified atom stereocenters. The molecule has 0 N–H and O–H groups in total. The van der Waals surface area contributed by atoms with Crippen molar-refractivity contribution in [1.29, 1.82) is 5.26 Å². The molecule has 0 spiro atoms. The predicted molar refractivity (Wildman–Crippen MR) is 107 cm³/mol. The van der Waals surface area contributed by atoms with E-state index in [9.17, 15) is 4.79 Å². The fourth-order valence-corrected chi connectivity index (χ4v) is 3.92. The van der Waals surface area contributed by atoms with Gasteiger partial charge >= 0.3 is 0 Å². The molecule has 0 amide bonds. The SMILES string of the molecule is Cc1ccc(C)c(-n2c(=O)c3ccccc3n3c(SCCC#N)nnc23)c1. The lowest BCUT2D eigenvalue weighted by Crippen LogP contribution is -2.22. The highest BCUT2D eigenvalue weighted by Gasteiger charge is 2.18. The van der Waals surface area contributed by atoms with Crippen LogP contribution in [0.15, 0.2) is 52.4 Å². The van der Waals surface area contributed by atoms with Crippen LogP contribution in [-0.2, 0) is 0 Å². The molecule has 27 heavy (non-hydrogen) atoms. The molecule has 0 aliphatic heterocycles. The number of thioether (sulfide) groups is 1. The van der Waals surface area contributed by atoms with E-state index in [0.717, 1.165) is 22.3 Å². The minimum Gasteiger partial charge on any atom is -0.268 e. The summed E-state index contributed by atoms with van der Waals surface area (Å²) in [5, 5.41) is 18.7. The van der Waals surface area contributed by atoms with E-state index in [0.29, 0.717) is 28.5 Å². The normalized spacial score (nSPS) is 11.1. The van der Waals surface area contributed by atoms with Crippen LogP contribution in [0.25, 0.3) is 22.4 Å². The first kappa shape index (κ1) is 17.3. The summed E-state index contributed by atoms with van der Waals surface area (Å²) in [4.78, 5) is 13.3. The Labute approximate surface area is 160 Å². The third-order valence-corrected chi connectivity index (χ3v) is 5.38. The standard InChI is InChI=1S/C20H17N5OS/c1-13-8-9-14(2)17(12-13)24-18(26)15-6-3-4-7-16(15)25-19(24)22-23-20(25)27-11-5-10-21/h3-4,6-9,12H,5,11H2,1-2H3. The summed E-state index contributed by atoms with van der Waals surface area (Å²) in [5.74, 6) is 1.10. The minimum atomic E-state index is -0.118. The highest BCUT2D eigenvalue weighted by molar-refractivity contribution is 7.99. The first-order chi connectivity index (χ1) is 13.1. The molecule has 0 saturated carbocycles. The average Bonchev–Trinajstić information content (AvgIpc) is 3.09. The van der Waals surface area contributed by atoms with Gasteiger partial charge in [0.05, 0.1) is 22.7 Å². The third-order valence-electron chi connectivity index (χ3n) is 4.45. The minimum absolute atomic E-state index is 0.118. The number of aromatic nitrogens is 4. The van der Waals surface area contributed by atoms with Crippen LogP contribution in [0.2, 0.25) is 0 Å². The molecule has 6 nitrogen and oxygen atoms in total. The molecule has 0 aliphatic carbocycles. The largest absolute Gasteiger partial charge is 0.268 e. The first-order valence-corrected chi connectivity index (χ1v) is 9.56. The van der Waals surface area contributed by atoms with E-state index in [-0.39, 0.29) is 5.56 Å². The van der Waals surface area contributed by atoms with Crippen molar-refractivity contribution in [1.82, 2.24) is 19.2 Å². The van der Waals surface area contributed by atoms with Gasteiger partial charge in [0, 0.05) is 12.2 Å². The van der Waals surface area contributed by atoms with E-state index < -0.39 is 0 Å². The van der Waals surface area contributed by atoms with Gasteiger partial charge in [-0.15, -0.1) is 10.2 Å². The number of nitriles is 1. The summed E-state index contributed by atoms with van der Waals surface area (Å²) in [6.07, 6.45) is 0.425. The number of para-hydroxylation sites is 1. The van der Waals surface area contributed by atoms with Crippen molar-refractivity contribution in [3.05, 3.63) is 63.9 Å². The van der Waals surface area contributed by atoms with Crippen LogP contribution < -0.4 is 5.56 Å². The van der Waals surface area contributed by atoms with E-state index >= 15 is 0 Å². The van der Waals surface area contributed by atoms with Crippen molar-refractivity contribution < 1.29 is 0 Å². The summed E-state index contributed by atoms with van der Waals surface area (Å²) in [5.41, 5.74) is 3.51. The molecule has 0 radical (unpaired) electrons. The number of fused-ring (bicyclic) bond motifs is 3. The smallest absolute Gasteiger partial charge is 0.267 e. The molecule has 0 saturated heterocycles. The second-order valence-corrected chi connectivity index (χ2v) is 7.38. The van der Waals surface area contributed by atoms with E-state index in [1.807, 2.05) is 60.7 Å². The van der Waals surface area contributed by atoms with Gasteiger partial charge in [-0.3, -0.25) is 9.20 Å². The van der Waals surface area contributed by atoms with Crippen molar-refractivity contribution in [3.8, 4) is 11.8 Å². The third kappa shape index (κ3) is 2.88. The van der Waals surface area contributed by atoms with Crippen molar-refractivity contribution >= 4 is 28.4 Å². The number of hydrogen-bond donors (Lipinski definition) is 0. The van der Waals surface area contributed by atoms with Gasteiger partial charge < -0.3 is 0 Å². The van der Waals surface area contributed by atoms with Crippen LogP contribution >= 0.6 is 11.8 Å². The molecule has 2 aromatic carbocycles. The maximum atomic E-state index is 13.3. The molecule has 2 heterocycles. The van der Waals surface area contributed by atoms with E-state index in [1.54, 1.807) is 4.57 Å². The van der Waals surface area contributed by atoms with E-state index in [1.165, 1.54) is 11.8 Å². The van der Waals surface area contributed by atoms with Gasteiger partial charge in [0.1, 0.15) is 0 Å². The van der Waals surface area contributed by atoms with Crippen LogP contribution in [-0.4, -0.2) is 24.9 Å². The Kier molecular flexibility index (Phi) is 4.42. The Morgan fingerprint density at radius 2 is 1.96 bits per heavy atom. The zero-order valence-corrected chi connectivity index (χ0v) is 15.8. The van der Waals surface area contributed by atoms with Crippen LogP contribution in [0.5, 0.6) is 0 Å². The maximum absolute atomic E-state index is 13.3. The lowest BCUT2D eigenvalue weighted by atomic mass is 10.1. The Hall–Kier alpha value is -3.11. The van der Waals surface area contributed by atoms with E-state index in [2.05, 4.69) is 16.3 Å². The zero-order valence-electron chi connectivity index (χ0n) is 15.0. The van der Waals surface area contributed by atoms with Gasteiger partial charge in [0.25, 0.3) is 5.56 Å². The lowest BCUT2D eigenvalue weighted by Gasteiger charge is -2.13. The van der Waals surface area contributed by atoms with Gasteiger partial charge in [0.2, 0.25) is 5.78 Å². The zero-order chi connectivity index (χ0) is 19.0. The fraction of sp³-hybridized carbons (Fsp3) is 0.200. The Bertz CT molecular complexity index is 1270. The quantitative estimate of drug-likeness (QED) is 0.402. The molecule has 4 aromatic rings. The summed E-state index contributed by atoms with van der Waals surface area (Å²) >= 11 is 1.46. The molecular formula is C20H17N5OS. The van der Waals surface area contributed by atoms with Gasteiger partial charge in [-0.1, -0.05) is 36.0 Å². The fourth-order valence-electron chi connectivity index (χ4n) is 3.14. The summed E-state index contributed by atoms with van der Waals surface area (Å²) < 4.78 is 3.53. The molecule has 0 atom stereocenters. The van der Waals surface area contributed by atoms with Crippen LogP contribution in [0.3, 0.4) is 0 Å². The van der Waals surface area contributed by atoms with Crippen LogP contribution in [0, 0.1) is 25.2 Å². The monoisotopic (exact) mass is 375 g/mol. The highest BCUT2D eigenvalue weighted by Crippen LogP contribution is 2.24. The van der Waals surface area contributed by atoms with Crippen molar-refractivity contribution in [2.24, 2.45) is 0 Å². The van der Waals surface area contributed by atoms with Crippen molar-refractivity contribution in [3.63, 3.8) is 0 Å². The van der Waals surface area contributed by atoms with Crippen molar-refractivity contribution in [2.45, 2.75) is 25.4 Å². The Morgan fingerprint density at radius 1 is 1.15 bits per heavy atom. The molecule has 0 fully saturated rings. The number of benzene rings is 2. The highest BCUT2D eigenvalue weighted by atomic mass is 32.2. The molecule has 0 aliphatic rings. The second-order valence-electron chi connectivity index (χ2n) is 6.32.